The topological polar surface area (TPSA) is 80.7 Å². The Morgan fingerprint density at radius 2 is 1.60 bits per heavy atom. The molecule has 0 heterocycles. The molecule has 2 aromatic carbocycles. The van der Waals surface area contributed by atoms with E-state index in [1.165, 1.54) is 18.2 Å². The Labute approximate surface area is 114 Å². The van der Waals surface area contributed by atoms with Crippen LogP contribution in [0.4, 0.5) is 0 Å². The Morgan fingerprint density at radius 1 is 0.950 bits per heavy atom. The molecule has 5 heteroatoms. The smallest absolute Gasteiger partial charge is 0.346 e. The van der Waals surface area contributed by atoms with E-state index in [0.717, 1.165) is 0 Å². The molecule has 0 saturated heterocycles. The maximum absolute atomic E-state index is 11.8. The molecule has 0 aromatic heterocycles. The lowest BCUT2D eigenvalue weighted by Crippen LogP contribution is -2.09. The minimum atomic E-state index is -1.16. The van der Waals surface area contributed by atoms with Crippen LogP contribution in [0, 0.1) is 0 Å². The zero-order valence-corrected chi connectivity index (χ0v) is 10.3. The third kappa shape index (κ3) is 2.56. The van der Waals surface area contributed by atoms with Gasteiger partial charge in [0.25, 0.3) is 0 Å². The average Bonchev–Trinajstić information content (AvgIpc) is 2.47. The highest BCUT2D eigenvalue weighted by Crippen LogP contribution is 2.28. The highest BCUT2D eigenvalue weighted by Gasteiger charge is 2.20. The fourth-order valence-electron chi connectivity index (χ4n) is 1.92. The monoisotopic (exact) mass is 270 g/mol. The van der Waals surface area contributed by atoms with Crippen LogP contribution in [0.5, 0.6) is 0 Å². The van der Waals surface area contributed by atoms with E-state index in [4.69, 9.17) is 0 Å². The predicted molar refractivity (Wildman–Crippen MR) is 70.3 cm³/mol. The van der Waals surface area contributed by atoms with Crippen molar-refractivity contribution in [2.75, 3.05) is 0 Å². The van der Waals surface area contributed by atoms with Gasteiger partial charge in [-0.05, 0) is 17.7 Å². The Morgan fingerprint density at radius 3 is 2.20 bits per heavy atom. The number of benzene rings is 2. The Balaban J connectivity index is 2.70. The number of carbonyl (C=O) groups is 3. The summed E-state index contributed by atoms with van der Waals surface area (Å²) in [5.74, 6) is -2.05. The zero-order chi connectivity index (χ0) is 14.5. The van der Waals surface area contributed by atoms with Gasteiger partial charge in [-0.2, -0.15) is 0 Å². The minimum Gasteiger partial charge on any atom is -0.478 e. The summed E-state index contributed by atoms with van der Waals surface area (Å²) in [7, 11) is 0. The highest BCUT2D eigenvalue weighted by molar-refractivity contribution is 6.06. The Bertz CT molecular complexity index is 661. The summed E-state index contributed by atoms with van der Waals surface area (Å²) < 4.78 is 4.31. The van der Waals surface area contributed by atoms with E-state index in [0.29, 0.717) is 5.56 Å². The molecule has 0 unspecified atom stereocenters. The van der Waals surface area contributed by atoms with Crippen LogP contribution in [0.3, 0.4) is 0 Å². The van der Waals surface area contributed by atoms with E-state index in [2.05, 4.69) is 4.74 Å². The lowest BCUT2D eigenvalue weighted by atomic mass is 9.94. The van der Waals surface area contributed by atoms with Crippen molar-refractivity contribution in [2.45, 2.75) is 0 Å². The van der Waals surface area contributed by atoms with Crippen molar-refractivity contribution in [3.05, 3.63) is 59.7 Å². The van der Waals surface area contributed by atoms with Gasteiger partial charge < -0.3 is 9.84 Å². The summed E-state index contributed by atoms with van der Waals surface area (Å²) in [4.78, 5) is 33.4. The normalized spacial score (nSPS) is 9.80. The van der Waals surface area contributed by atoms with E-state index < -0.39 is 11.9 Å². The summed E-state index contributed by atoms with van der Waals surface area (Å²) in [6.45, 7) is 0.0184. The zero-order valence-electron chi connectivity index (χ0n) is 10.3. The van der Waals surface area contributed by atoms with Crippen molar-refractivity contribution in [1.82, 2.24) is 0 Å². The third-order valence-electron chi connectivity index (χ3n) is 2.73. The van der Waals surface area contributed by atoms with E-state index in [1.807, 2.05) is 0 Å². The van der Waals surface area contributed by atoms with Crippen molar-refractivity contribution >= 4 is 18.4 Å². The number of esters is 1. The van der Waals surface area contributed by atoms with Crippen LogP contribution in [-0.4, -0.2) is 23.5 Å². The molecular formula is C15H10O5. The van der Waals surface area contributed by atoms with E-state index in [-0.39, 0.29) is 23.2 Å². The lowest BCUT2D eigenvalue weighted by molar-refractivity contribution is -0.123. The summed E-state index contributed by atoms with van der Waals surface area (Å²) >= 11 is 0. The van der Waals surface area contributed by atoms with Gasteiger partial charge in [-0.15, -0.1) is 0 Å². The number of carboxylic acids is 1. The number of carboxylic acid groups (broad SMARTS) is 1. The molecule has 0 atom stereocenters. The fraction of sp³-hybridized carbons (Fsp3) is 0. The van der Waals surface area contributed by atoms with E-state index in [9.17, 15) is 19.5 Å². The lowest BCUT2D eigenvalue weighted by Gasteiger charge is -2.10. The summed E-state index contributed by atoms with van der Waals surface area (Å²) in [5, 5.41) is 9.24. The van der Waals surface area contributed by atoms with Crippen molar-refractivity contribution in [3.8, 4) is 11.1 Å². The van der Waals surface area contributed by atoms with Crippen LogP contribution in [-0.2, 0) is 9.53 Å². The van der Waals surface area contributed by atoms with E-state index >= 15 is 0 Å². The molecule has 5 nitrogen and oxygen atoms in total. The Kier molecular flexibility index (Phi) is 3.91. The molecule has 100 valence electrons. The maximum Gasteiger partial charge on any atom is 0.346 e. The van der Waals surface area contributed by atoms with Crippen molar-refractivity contribution in [2.24, 2.45) is 0 Å². The molecule has 0 aliphatic rings. The number of hydrogen-bond donors (Lipinski definition) is 1. The van der Waals surface area contributed by atoms with Crippen LogP contribution in [0.2, 0.25) is 0 Å². The summed E-state index contributed by atoms with van der Waals surface area (Å²) in [5.41, 5.74) is 0.788. The minimum absolute atomic E-state index is 0.0184. The first-order chi connectivity index (χ1) is 9.65. The van der Waals surface area contributed by atoms with Gasteiger partial charge in [-0.3, -0.25) is 4.79 Å². The predicted octanol–water partition coefficient (Wildman–Crippen LogP) is 2.37. The van der Waals surface area contributed by atoms with Crippen molar-refractivity contribution < 1.29 is 24.2 Å². The summed E-state index contributed by atoms with van der Waals surface area (Å²) in [6.07, 6.45) is 0. The Hall–Kier alpha value is -2.95. The molecular weight excluding hydrogens is 260 g/mol. The number of rotatable bonds is 4. The van der Waals surface area contributed by atoms with Gasteiger partial charge in [-0.25, -0.2) is 9.59 Å². The first-order valence-electron chi connectivity index (χ1n) is 5.71. The first-order valence-corrected chi connectivity index (χ1v) is 5.71. The van der Waals surface area contributed by atoms with Gasteiger partial charge in [-0.1, -0.05) is 36.4 Å². The fourth-order valence-corrected chi connectivity index (χ4v) is 1.92. The molecule has 0 amide bonds. The second-order valence-corrected chi connectivity index (χ2v) is 3.90. The number of aromatic carboxylic acids is 1. The van der Waals surface area contributed by atoms with Gasteiger partial charge >= 0.3 is 18.4 Å². The molecule has 0 aliphatic carbocycles. The van der Waals surface area contributed by atoms with E-state index in [1.54, 1.807) is 30.3 Å². The van der Waals surface area contributed by atoms with Gasteiger partial charge in [0.1, 0.15) is 0 Å². The molecule has 2 rings (SSSR count). The van der Waals surface area contributed by atoms with Crippen LogP contribution in [0.25, 0.3) is 11.1 Å². The van der Waals surface area contributed by atoms with Crippen LogP contribution in [0.15, 0.2) is 48.5 Å². The van der Waals surface area contributed by atoms with Gasteiger partial charge in [0.05, 0.1) is 11.1 Å². The largest absolute Gasteiger partial charge is 0.478 e. The van der Waals surface area contributed by atoms with Crippen LogP contribution in [0.1, 0.15) is 20.7 Å². The molecule has 0 fully saturated rings. The molecule has 0 radical (unpaired) electrons. The molecule has 0 spiro atoms. The van der Waals surface area contributed by atoms with Gasteiger partial charge in [0.2, 0.25) is 0 Å². The van der Waals surface area contributed by atoms with Crippen molar-refractivity contribution in [1.29, 1.82) is 0 Å². The average molecular weight is 270 g/mol. The van der Waals surface area contributed by atoms with Crippen LogP contribution < -0.4 is 0 Å². The highest BCUT2D eigenvalue weighted by atomic mass is 16.6. The quantitative estimate of drug-likeness (QED) is 0.524. The van der Waals surface area contributed by atoms with Gasteiger partial charge in [0, 0.05) is 5.56 Å². The maximum atomic E-state index is 11.8. The SMILES string of the molecule is O=COC(=O)c1cccc(C(=O)O)c1-c1ccccc1. The number of carbonyl (C=O) groups excluding carboxylic acids is 2. The third-order valence-corrected chi connectivity index (χ3v) is 2.73. The molecule has 1 N–H and O–H groups in total. The molecule has 0 saturated carbocycles. The molecule has 20 heavy (non-hydrogen) atoms. The van der Waals surface area contributed by atoms with Crippen molar-refractivity contribution in [3.63, 3.8) is 0 Å². The van der Waals surface area contributed by atoms with Crippen LogP contribution >= 0.6 is 0 Å². The summed E-state index contributed by atoms with van der Waals surface area (Å²) in [6, 6.07) is 12.8. The van der Waals surface area contributed by atoms with Gasteiger partial charge in [0.15, 0.2) is 0 Å². The molecule has 0 bridgehead atoms. The molecule has 0 aliphatic heterocycles. The second-order valence-electron chi connectivity index (χ2n) is 3.90. The first kappa shape index (κ1) is 13.5. The second kappa shape index (κ2) is 5.79. The standard InChI is InChI=1S/C15H10O5/c16-9-20-15(19)12-8-4-7-11(14(17)18)13(12)10-5-2-1-3-6-10/h1-9H,(H,17,18). The number of ether oxygens (including phenoxy) is 1. The number of hydrogen-bond acceptors (Lipinski definition) is 4. The molecule has 2 aromatic rings.